The SMILES string of the molecule is COc1ccc(NC(=O)N(Cc2cccc(OS(=O)(=O)c3ccc(F)cc3)c2)CC(C)C)cc1. The number of carbonyl (C=O) groups excluding carboxylic acids is 1. The van der Waals surface area contributed by atoms with Crippen molar-refractivity contribution in [3.05, 3.63) is 84.2 Å². The Morgan fingerprint density at radius 1 is 1.00 bits per heavy atom. The Hall–Kier alpha value is -3.59. The summed E-state index contributed by atoms with van der Waals surface area (Å²) in [4.78, 5) is 14.4. The summed E-state index contributed by atoms with van der Waals surface area (Å²) in [6, 6.07) is 17.6. The van der Waals surface area contributed by atoms with Gasteiger partial charge in [-0.25, -0.2) is 9.18 Å². The maximum atomic E-state index is 13.1. The second-order valence-corrected chi connectivity index (χ2v) is 9.62. The van der Waals surface area contributed by atoms with Crippen molar-refractivity contribution >= 4 is 21.8 Å². The summed E-state index contributed by atoms with van der Waals surface area (Å²) in [6.07, 6.45) is 0. The van der Waals surface area contributed by atoms with Crippen LogP contribution in [-0.4, -0.2) is 33.0 Å². The van der Waals surface area contributed by atoms with E-state index in [0.717, 1.165) is 24.3 Å². The van der Waals surface area contributed by atoms with Gasteiger partial charge in [-0.3, -0.25) is 0 Å². The lowest BCUT2D eigenvalue weighted by molar-refractivity contribution is 0.201. The van der Waals surface area contributed by atoms with E-state index in [2.05, 4.69) is 5.32 Å². The topological polar surface area (TPSA) is 84.9 Å². The molecule has 0 aliphatic rings. The average Bonchev–Trinajstić information content (AvgIpc) is 2.79. The van der Waals surface area contributed by atoms with Gasteiger partial charge in [0, 0.05) is 18.8 Å². The molecule has 0 unspecified atom stereocenters. The molecule has 0 aliphatic heterocycles. The number of halogens is 1. The fourth-order valence-corrected chi connectivity index (χ4v) is 4.15. The highest BCUT2D eigenvalue weighted by atomic mass is 32.2. The normalized spacial score (nSPS) is 11.2. The van der Waals surface area contributed by atoms with Crippen molar-refractivity contribution in [2.24, 2.45) is 5.92 Å². The smallest absolute Gasteiger partial charge is 0.339 e. The van der Waals surface area contributed by atoms with Gasteiger partial charge in [0.1, 0.15) is 22.2 Å². The Balaban J connectivity index is 1.74. The van der Waals surface area contributed by atoms with Crippen LogP contribution in [0.1, 0.15) is 19.4 Å². The summed E-state index contributed by atoms with van der Waals surface area (Å²) in [7, 11) is -2.56. The third-order valence-electron chi connectivity index (χ3n) is 4.79. The molecule has 0 atom stereocenters. The molecule has 180 valence electrons. The molecule has 3 aromatic rings. The van der Waals surface area contributed by atoms with Crippen LogP contribution in [0.3, 0.4) is 0 Å². The molecule has 3 rings (SSSR count). The average molecular weight is 487 g/mol. The number of nitrogens with one attached hydrogen (secondary N) is 1. The zero-order valence-corrected chi connectivity index (χ0v) is 20.0. The Bertz CT molecular complexity index is 1210. The molecule has 0 saturated heterocycles. The maximum Gasteiger partial charge on any atom is 0.339 e. The third kappa shape index (κ3) is 6.95. The van der Waals surface area contributed by atoms with E-state index >= 15 is 0 Å². The third-order valence-corrected chi connectivity index (χ3v) is 6.06. The number of methoxy groups -OCH3 is 1. The van der Waals surface area contributed by atoms with Crippen LogP contribution in [0.25, 0.3) is 0 Å². The van der Waals surface area contributed by atoms with E-state index in [4.69, 9.17) is 8.92 Å². The Kier molecular flexibility index (Phi) is 8.12. The van der Waals surface area contributed by atoms with E-state index in [1.165, 1.54) is 6.07 Å². The molecule has 0 spiro atoms. The van der Waals surface area contributed by atoms with Gasteiger partial charge in [0.05, 0.1) is 7.11 Å². The summed E-state index contributed by atoms with van der Waals surface area (Å²) in [5, 5.41) is 2.87. The van der Waals surface area contributed by atoms with E-state index in [9.17, 15) is 17.6 Å². The molecule has 3 aromatic carbocycles. The van der Waals surface area contributed by atoms with E-state index in [1.54, 1.807) is 54.5 Å². The highest BCUT2D eigenvalue weighted by Crippen LogP contribution is 2.22. The number of nitrogens with zero attached hydrogens (tertiary/aromatic N) is 1. The second kappa shape index (κ2) is 11.0. The molecule has 1 N–H and O–H groups in total. The first-order chi connectivity index (χ1) is 16.2. The first kappa shape index (κ1) is 25.0. The first-order valence-electron chi connectivity index (χ1n) is 10.7. The quantitative estimate of drug-likeness (QED) is 0.415. The summed E-state index contributed by atoms with van der Waals surface area (Å²) in [5.41, 5.74) is 1.32. The van der Waals surface area contributed by atoms with Gasteiger partial charge in [-0.05, 0) is 72.1 Å². The number of ether oxygens (including phenoxy) is 1. The molecule has 0 bridgehead atoms. The zero-order valence-electron chi connectivity index (χ0n) is 19.2. The summed E-state index contributed by atoms with van der Waals surface area (Å²) >= 11 is 0. The summed E-state index contributed by atoms with van der Waals surface area (Å²) < 4.78 is 48.5. The van der Waals surface area contributed by atoms with E-state index in [1.807, 2.05) is 13.8 Å². The molecule has 9 heteroatoms. The minimum atomic E-state index is -4.13. The highest BCUT2D eigenvalue weighted by molar-refractivity contribution is 7.87. The van der Waals surface area contributed by atoms with Crippen LogP contribution < -0.4 is 14.2 Å². The predicted octanol–water partition coefficient (Wildman–Crippen LogP) is 5.29. The fourth-order valence-electron chi connectivity index (χ4n) is 3.23. The van der Waals surface area contributed by atoms with Crippen molar-refractivity contribution < 1.29 is 26.5 Å². The molecule has 0 aromatic heterocycles. The van der Waals surface area contributed by atoms with E-state index < -0.39 is 15.9 Å². The monoisotopic (exact) mass is 486 g/mol. The largest absolute Gasteiger partial charge is 0.497 e. The lowest BCUT2D eigenvalue weighted by atomic mass is 10.1. The molecule has 0 fully saturated rings. The number of urea groups is 1. The van der Waals surface area contributed by atoms with E-state index in [0.29, 0.717) is 23.5 Å². The highest BCUT2D eigenvalue weighted by Gasteiger charge is 2.19. The van der Waals surface area contributed by atoms with Gasteiger partial charge in [0.2, 0.25) is 0 Å². The molecular formula is C25H27FN2O5S. The van der Waals surface area contributed by atoms with Crippen LogP contribution in [0.2, 0.25) is 0 Å². The van der Waals surface area contributed by atoms with Gasteiger partial charge in [0.15, 0.2) is 0 Å². The van der Waals surface area contributed by atoms with Gasteiger partial charge in [-0.2, -0.15) is 8.42 Å². The molecule has 0 saturated carbocycles. The van der Waals surface area contributed by atoms with Crippen LogP contribution in [0.5, 0.6) is 11.5 Å². The lowest BCUT2D eigenvalue weighted by Gasteiger charge is -2.25. The van der Waals surface area contributed by atoms with Crippen molar-refractivity contribution in [1.29, 1.82) is 0 Å². The Morgan fingerprint density at radius 2 is 1.68 bits per heavy atom. The van der Waals surface area contributed by atoms with Gasteiger partial charge < -0.3 is 19.1 Å². The van der Waals surface area contributed by atoms with Gasteiger partial charge in [0.25, 0.3) is 0 Å². The number of hydrogen-bond donors (Lipinski definition) is 1. The minimum absolute atomic E-state index is 0.0990. The molecule has 2 amide bonds. The van der Waals surface area contributed by atoms with E-state index in [-0.39, 0.29) is 29.1 Å². The van der Waals surface area contributed by atoms with Gasteiger partial charge >= 0.3 is 16.1 Å². The van der Waals surface area contributed by atoms with Crippen LogP contribution in [0.15, 0.2) is 77.7 Å². The number of rotatable bonds is 9. The van der Waals surface area contributed by atoms with Crippen molar-refractivity contribution in [1.82, 2.24) is 4.90 Å². The number of benzene rings is 3. The second-order valence-electron chi connectivity index (χ2n) is 8.07. The maximum absolute atomic E-state index is 13.1. The van der Waals surface area contributed by atoms with Crippen molar-refractivity contribution in [3.63, 3.8) is 0 Å². The number of carbonyl (C=O) groups is 1. The number of amides is 2. The minimum Gasteiger partial charge on any atom is -0.497 e. The Morgan fingerprint density at radius 3 is 2.29 bits per heavy atom. The molecule has 0 aliphatic carbocycles. The van der Waals surface area contributed by atoms with Crippen LogP contribution in [0.4, 0.5) is 14.9 Å². The molecule has 7 nitrogen and oxygen atoms in total. The first-order valence-corrected chi connectivity index (χ1v) is 12.1. The standard InChI is InChI=1S/C25H27FN2O5S/c1-18(2)16-28(25(29)27-21-9-11-22(32-3)12-10-21)17-19-5-4-6-23(15-19)33-34(30,31)24-13-7-20(26)8-14-24/h4-15,18H,16-17H2,1-3H3,(H,27,29). The van der Waals surface area contributed by atoms with Gasteiger partial charge in [-0.1, -0.05) is 26.0 Å². The zero-order chi connectivity index (χ0) is 24.7. The summed E-state index contributed by atoms with van der Waals surface area (Å²) in [5.74, 6) is 0.449. The van der Waals surface area contributed by atoms with Crippen molar-refractivity contribution in [2.75, 3.05) is 19.0 Å². The molecular weight excluding hydrogens is 459 g/mol. The van der Waals surface area contributed by atoms with Crippen LogP contribution >= 0.6 is 0 Å². The Labute approximate surface area is 199 Å². The molecule has 0 heterocycles. The molecule has 0 radical (unpaired) electrons. The number of anilines is 1. The van der Waals surface area contributed by atoms with Gasteiger partial charge in [-0.15, -0.1) is 0 Å². The number of hydrogen-bond acceptors (Lipinski definition) is 5. The fraction of sp³-hybridized carbons (Fsp3) is 0.240. The predicted molar refractivity (Wildman–Crippen MR) is 128 cm³/mol. The lowest BCUT2D eigenvalue weighted by Crippen LogP contribution is -2.37. The summed E-state index contributed by atoms with van der Waals surface area (Å²) in [6.45, 7) is 4.74. The van der Waals surface area contributed by atoms with Crippen LogP contribution in [-0.2, 0) is 16.7 Å². The van der Waals surface area contributed by atoms with Crippen LogP contribution in [0, 0.1) is 11.7 Å². The van der Waals surface area contributed by atoms with Crippen molar-refractivity contribution in [2.45, 2.75) is 25.3 Å². The molecule has 34 heavy (non-hydrogen) atoms. The van der Waals surface area contributed by atoms with Crippen molar-refractivity contribution in [3.8, 4) is 11.5 Å².